The fraction of sp³-hybridized carbons (Fsp3) is 0.938. The molecular formula is C16H32N2O. The zero-order valence-electron chi connectivity index (χ0n) is 13.2. The van der Waals surface area contributed by atoms with Crippen molar-refractivity contribution >= 4 is 5.91 Å². The van der Waals surface area contributed by atoms with Crippen LogP contribution in [0.3, 0.4) is 0 Å². The molecule has 1 aliphatic carbocycles. The van der Waals surface area contributed by atoms with Crippen LogP contribution in [0.1, 0.15) is 72.6 Å². The number of carbonyl (C=O) groups is 1. The Hall–Kier alpha value is -0.570. The lowest BCUT2D eigenvalue weighted by Crippen LogP contribution is -2.44. The van der Waals surface area contributed by atoms with Crippen LogP contribution < -0.4 is 5.73 Å². The number of hydrogen-bond donors (Lipinski definition) is 1. The lowest BCUT2D eigenvalue weighted by molar-refractivity contribution is -0.134. The monoisotopic (exact) mass is 268 g/mol. The van der Waals surface area contributed by atoms with Crippen LogP contribution in [-0.4, -0.2) is 29.4 Å². The van der Waals surface area contributed by atoms with E-state index in [0.717, 1.165) is 13.0 Å². The Bertz CT molecular complexity index is 277. The Morgan fingerprint density at radius 3 is 2.32 bits per heavy atom. The smallest absolute Gasteiger partial charge is 0.224 e. The quantitative estimate of drug-likeness (QED) is 0.831. The van der Waals surface area contributed by atoms with Gasteiger partial charge in [-0.1, -0.05) is 40.0 Å². The molecule has 112 valence electrons. The van der Waals surface area contributed by atoms with Crippen molar-refractivity contribution in [2.45, 2.75) is 84.7 Å². The van der Waals surface area contributed by atoms with Gasteiger partial charge >= 0.3 is 0 Å². The van der Waals surface area contributed by atoms with Crippen LogP contribution in [0.5, 0.6) is 0 Å². The summed E-state index contributed by atoms with van der Waals surface area (Å²) in [5.74, 6) is 0.256. The van der Waals surface area contributed by atoms with Gasteiger partial charge in [0.2, 0.25) is 5.91 Å². The van der Waals surface area contributed by atoms with Gasteiger partial charge in [-0.2, -0.15) is 0 Å². The molecule has 1 rings (SSSR count). The number of nitrogens with two attached hydrogens (primary N) is 1. The minimum Gasteiger partial charge on any atom is -0.340 e. The van der Waals surface area contributed by atoms with Gasteiger partial charge in [0, 0.05) is 25.0 Å². The molecule has 0 aromatic carbocycles. The Morgan fingerprint density at radius 2 is 1.84 bits per heavy atom. The molecule has 3 heteroatoms. The van der Waals surface area contributed by atoms with E-state index in [9.17, 15) is 4.79 Å². The van der Waals surface area contributed by atoms with Crippen molar-refractivity contribution in [2.24, 2.45) is 11.1 Å². The van der Waals surface area contributed by atoms with Crippen molar-refractivity contribution in [3.05, 3.63) is 0 Å². The van der Waals surface area contributed by atoms with Gasteiger partial charge < -0.3 is 10.6 Å². The molecule has 1 amide bonds. The fourth-order valence-corrected chi connectivity index (χ4v) is 3.23. The van der Waals surface area contributed by atoms with E-state index in [-0.39, 0.29) is 17.4 Å². The van der Waals surface area contributed by atoms with Crippen molar-refractivity contribution < 1.29 is 4.79 Å². The zero-order chi connectivity index (χ0) is 14.5. The third kappa shape index (κ3) is 5.94. The Labute approximate surface area is 118 Å². The van der Waals surface area contributed by atoms with Crippen molar-refractivity contribution in [2.75, 3.05) is 6.54 Å². The maximum absolute atomic E-state index is 12.4. The molecular weight excluding hydrogens is 236 g/mol. The van der Waals surface area contributed by atoms with Gasteiger partial charge in [-0.25, -0.2) is 0 Å². The zero-order valence-corrected chi connectivity index (χ0v) is 13.2. The highest BCUT2D eigenvalue weighted by molar-refractivity contribution is 5.77. The van der Waals surface area contributed by atoms with Crippen LogP contribution in [0, 0.1) is 5.41 Å². The summed E-state index contributed by atoms with van der Waals surface area (Å²) in [6.07, 6.45) is 7.61. The molecule has 1 saturated carbocycles. The maximum atomic E-state index is 12.4. The van der Waals surface area contributed by atoms with E-state index in [1.165, 1.54) is 32.1 Å². The molecule has 0 spiro atoms. The fourth-order valence-electron chi connectivity index (χ4n) is 3.23. The predicted molar refractivity (Wildman–Crippen MR) is 80.9 cm³/mol. The van der Waals surface area contributed by atoms with Gasteiger partial charge in [0.1, 0.15) is 0 Å². The van der Waals surface area contributed by atoms with E-state index >= 15 is 0 Å². The van der Waals surface area contributed by atoms with Gasteiger partial charge in [-0.3, -0.25) is 4.79 Å². The van der Waals surface area contributed by atoms with Gasteiger partial charge in [-0.15, -0.1) is 0 Å². The lowest BCUT2D eigenvalue weighted by Gasteiger charge is -2.34. The second kappa shape index (κ2) is 7.28. The summed E-state index contributed by atoms with van der Waals surface area (Å²) in [5, 5.41) is 0. The molecule has 0 aromatic rings. The summed E-state index contributed by atoms with van der Waals surface area (Å²) in [6.45, 7) is 9.44. The van der Waals surface area contributed by atoms with Crippen LogP contribution >= 0.6 is 0 Å². The molecule has 0 radical (unpaired) electrons. The first kappa shape index (κ1) is 16.5. The minimum atomic E-state index is -0.00913. The molecule has 3 nitrogen and oxygen atoms in total. The van der Waals surface area contributed by atoms with Crippen LogP contribution in [0.25, 0.3) is 0 Å². The highest BCUT2D eigenvalue weighted by Gasteiger charge is 2.26. The van der Waals surface area contributed by atoms with Crippen LogP contribution in [0.15, 0.2) is 0 Å². The summed E-state index contributed by atoms with van der Waals surface area (Å²) in [6, 6.07) is 0.457. The largest absolute Gasteiger partial charge is 0.340 e. The first-order valence-electron chi connectivity index (χ1n) is 7.88. The summed E-state index contributed by atoms with van der Waals surface area (Å²) >= 11 is 0. The number of amides is 1. The SMILES string of the molecule is CCN(C(=O)CC(N)CC(C)(C)C)C1CCCCC1. The third-order valence-corrected chi connectivity index (χ3v) is 3.99. The molecule has 1 unspecified atom stereocenters. The van der Waals surface area contributed by atoms with Crippen LogP contribution in [0.4, 0.5) is 0 Å². The van der Waals surface area contributed by atoms with Gasteiger partial charge in [-0.05, 0) is 31.6 Å². The Kier molecular flexibility index (Phi) is 6.31. The van der Waals surface area contributed by atoms with Crippen LogP contribution in [0.2, 0.25) is 0 Å². The summed E-state index contributed by atoms with van der Waals surface area (Å²) in [7, 11) is 0. The second-order valence-electron chi connectivity index (χ2n) is 7.20. The minimum absolute atomic E-state index is 0.00913. The highest BCUT2D eigenvalue weighted by atomic mass is 16.2. The predicted octanol–water partition coefficient (Wildman–Crippen LogP) is 3.32. The van der Waals surface area contributed by atoms with Crippen LogP contribution in [-0.2, 0) is 4.79 Å². The number of nitrogens with zero attached hydrogens (tertiary/aromatic N) is 1. The molecule has 1 atom stereocenters. The Balaban J connectivity index is 2.49. The molecule has 0 aromatic heterocycles. The number of carbonyl (C=O) groups excluding carboxylic acids is 1. The van der Waals surface area contributed by atoms with Crippen molar-refractivity contribution in [3.63, 3.8) is 0 Å². The molecule has 0 heterocycles. The molecule has 1 fully saturated rings. The maximum Gasteiger partial charge on any atom is 0.224 e. The Morgan fingerprint density at radius 1 is 1.26 bits per heavy atom. The van der Waals surface area contributed by atoms with Crippen molar-refractivity contribution in [1.82, 2.24) is 4.90 Å². The standard InChI is InChI=1S/C16H32N2O/c1-5-18(14-9-7-6-8-10-14)15(19)11-13(17)12-16(2,3)4/h13-14H,5-12,17H2,1-4H3. The number of rotatable bonds is 5. The van der Waals surface area contributed by atoms with Crippen molar-refractivity contribution in [1.29, 1.82) is 0 Å². The van der Waals surface area contributed by atoms with Gasteiger partial charge in [0.25, 0.3) is 0 Å². The van der Waals surface area contributed by atoms with Gasteiger partial charge in [0.05, 0.1) is 0 Å². The van der Waals surface area contributed by atoms with E-state index in [1.54, 1.807) is 0 Å². The van der Waals surface area contributed by atoms with E-state index in [0.29, 0.717) is 12.5 Å². The summed E-state index contributed by atoms with van der Waals surface area (Å²) < 4.78 is 0. The second-order valence-corrected chi connectivity index (χ2v) is 7.20. The van der Waals surface area contributed by atoms with Gasteiger partial charge in [0.15, 0.2) is 0 Å². The summed E-state index contributed by atoms with van der Waals surface area (Å²) in [5.41, 5.74) is 6.33. The number of hydrogen-bond acceptors (Lipinski definition) is 2. The first-order chi connectivity index (χ1) is 8.83. The topological polar surface area (TPSA) is 46.3 Å². The normalized spacial score (nSPS) is 19.2. The average molecular weight is 268 g/mol. The summed E-state index contributed by atoms with van der Waals surface area (Å²) in [4.78, 5) is 14.5. The highest BCUT2D eigenvalue weighted by Crippen LogP contribution is 2.25. The molecule has 1 aliphatic rings. The van der Waals surface area contributed by atoms with E-state index in [1.807, 2.05) is 0 Å². The van der Waals surface area contributed by atoms with Crippen molar-refractivity contribution in [3.8, 4) is 0 Å². The average Bonchev–Trinajstić information content (AvgIpc) is 2.28. The van der Waals surface area contributed by atoms with E-state index in [2.05, 4.69) is 32.6 Å². The third-order valence-electron chi connectivity index (χ3n) is 3.99. The molecule has 0 saturated heterocycles. The first-order valence-corrected chi connectivity index (χ1v) is 7.88. The lowest BCUT2D eigenvalue weighted by atomic mass is 9.87. The molecule has 0 bridgehead atoms. The molecule has 2 N–H and O–H groups in total. The van der Waals surface area contributed by atoms with E-state index in [4.69, 9.17) is 5.73 Å². The molecule has 0 aliphatic heterocycles. The molecule has 19 heavy (non-hydrogen) atoms. The van der Waals surface area contributed by atoms with E-state index < -0.39 is 0 Å².